The summed E-state index contributed by atoms with van der Waals surface area (Å²) in [5.74, 6) is -1.15. The lowest BCUT2D eigenvalue weighted by atomic mass is 9.98. The number of rotatable bonds is 6. The van der Waals surface area contributed by atoms with Crippen molar-refractivity contribution in [1.29, 1.82) is 0 Å². The number of anilines is 1. The van der Waals surface area contributed by atoms with Gasteiger partial charge in [-0.3, -0.25) is 9.59 Å². The highest BCUT2D eigenvalue weighted by molar-refractivity contribution is 7.89. The van der Waals surface area contributed by atoms with Crippen LogP contribution in [0.4, 0.5) is 5.82 Å². The molecule has 1 N–H and O–H groups in total. The summed E-state index contributed by atoms with van der Waals surface area (Å²) >= 11 is 5.75. The smallest absolute Gasteiger partial charge is 0.309 e. The zero-order chi connectivity index (χ0) is 22.7. The number of nitrogens with zero attached hydrogens (tertiary/aromatic N) is 2. The molecule has 170 valence electrons. The molecule has 1 aromatic carbocycles. The fraction of sp³-hybridized carbons (Fsp3) is 0.409. The number of fused-ring (bicyclic) bond motifs is 1. The minimum absolute atomic E-state index is 0.236. The van der Waals surface area contributed by atoms with Gasteiger partial charge in [-0.1, -0.05) is 17.7 Å². The van der Waals surface area contributed by atoms with Crippen molar-refractivity contribution < 1.29 is 22.7 Å². The van der Waals surface area contributed by atoms with Crippen LogP contribution in [0.5, 0.6) is 0 Å². The number of halogens is 1. The van der Waals surface area contributed by atoms with E-state index in [9.17, 15) is 18.0 Å². The van der Waals surface area contributed by atoms with Crippen LogP contribution in [0.1, 0.15) is 30.4 Å². The second kappa shape index (κ2) is 9.56. The molecular weight excluding hydrogens is 454 g/mol. The van der Waals surface area contributed by atoms with Crippen LogP contribution in [0.2, 0.25) is 5.02 Å². The van der Waals surface area contributed by atoms with Crippen molar-refractivity contribution in [3.8, 4) is 0 Å². The van der Waals surface area contributed by atoms with Gasteiger partial charge in [0.2, 0.25) is 10.0 Å². The maximum atomic E-state index is 13.0. The van der Waals surface area contributed by atoms with E-state index in [1.165, 1.54) is 16.1 Å². The number of sulfonamides is 1. The molecule has 1 aromatic heterocycles. The van der Waals surface area contributed by atoms with E-state index in [0.29, 0.717) is 28.6 Å². The van der Waals surface area contributed by atoms with Crippen molar-refractivity contribution in [1.82, 2.24) is 9.29 Å². The fourth-order valence-electron chi connectivity index (χ4n) is 4.07. The number of pyridine rings is 1. The van der Waals surface area contributed by atoms with Gasteiger partial charge in [0.05, 0.1) is 15.8 Å². The van der Waals surface area contributed by atoms with E-state index < -0.39 is 34.4 Å². The molecule has 0 bridgehead atoms. The fourth-order valence-corrected chi connectivity index (χ4v) is 5.71. The third kappa shape index (κ3) is 5.11. The number of aromatic nitrogens is 1. The number of ether oxygens (including phenoxy) is 1. The van der Waals surface area contributed by atoms with Crippen LogP contribution in [0.3, 0.4) is 0 Å². The Hall–Kier alpha value is -2.49. The number of piperidine rings is 1. The zero-order valence-corrected chi connectivity index (χ0v) is 19.0. The van der Waals surface area contributed by atoms with Gasteiger partial charge in [0.15, 0.2) is 6.61 Å². The molecular formula is C22H24ClN3O5S. The highest BCUT2D eigenvalue weighted by Gasteiger charge is 2.33. The van der Waals surface area contributed by atoms with Crippen molar-refractivity contribution in [2.24, 2.45) is 5.92 Å². The molecule has 0 spiro atoms. The van der Waals surface area contributed by atoms with E-state index in [-0.39, 0.29) is 13.1 Å². The first-order valence-corrected chi connectivity index (χ1v) is 12.3. The van der Waals surface area contributed by atoms with Crippen LogP contribution in [0, 0.1) is 5.92 Å². The Morgan fingerprint density at radius 3 is 2.59 bits per heavy atom. The standard InChI is InChI=1S/C22H24ClN3O5S/c23-18-5-7-20(24-13-18)25-21(27)14-31-22(28)16-8-10-26(11-9-16)32(29,30)19-6-4-15-2-1-3-17(15)12-19/h4-7,12-13,16H,1-3,8-11,14H2,(H,24,25,27). The first kappa shape index (κ1) is 22.7. The van der Waals surface area contributed by atoms with Crippen molar-refractivity contribution >= 4 is 39.3 Å². The molecule has 1 saturated heterocycles. The van der Waals surface area contributed by atoms with Gasteiger partial charge in [0.25, 0.3) is 5.91 Å². The van der Waals surface area contributed by atoms with Crippen LogP contribution >= 0.6 is 11.6 Å². The minimum Gasteiger partial charge on any atom is -0.455 e. The molecule has 2 heterocycles. The van der Waals surface area contributed by atoms with Crippen molar-refractivity contribution in [3.05, 3.63) is 52.7 Å². The quantitative estimate of drug-likeness (QED) is 0.641. The molecule has 1 amide bonds. The number of nitrogens with one attached hydrogen (secondary N) is 1. The topological polar surface area (TPSA) is 106 Å². The summed E-state index contributed by atoms with van der Waals surface area (Å²) < 4.78 is 32.6. The van der Waals surface area contributed by atoms with Crippen LogP contribution in [0.25, 0.3) is 0 Å². The van der Waals surface area contributed by atoms with E-state index in [4.69, 9.17) is 16.3 Å². The van der Waals surface area contributed by atoms with Crippen molar-refractivity contribution in [3.63, 3.8) is 0 Å². The van der Waals surface area contributed by atoms with E-state index in [1.807, 2.05) is 6.07 Å². The molecule has 1 aliphatic carbocycles. The number of amides is 1. The Morgan fingerprint density at radius 2 is 1.88 bits per heavy atom. The first-order chi connectivity index (χ1) is 15.3. The third-order valence-corrected chi connectivity index (χ3v) is 7.95. The van der Waals surface area contributed by atoms with E-state index in [1.54, 1.807) is 24.3 Å². The molecule has 4 rings (SSSR count). The lowest BCUT2D eigenvalue weighted by Crippen LogP contribution is -2.41. The number of carbonyl (C=O) groups is 2. The maximum absolute atomic E-state index is 13.0. The maximum Gasteiger partial charge on any atom is 0.309 e. The van der Waals surface area contributed by atoms with Gasteiger partial charge in [-0.25, -0.2) is 13.4 Å². The zero-order valence-electron chi connectivity index (χ0n) is 17.4. The lowest BCUT2D eigenvalue weighted by Gasteiger charge is -2.30. The van der Waals surface area contributed by atoms with E-state index >= 15 is 0 Å². The first-order valence-electron chi connectivity index (χ1n) is 10.5. The van der Waals surface area contributed by atoms with Crippen LogP contribution in [-0.4, -0.2) is 49.3 Å². The highest BCUT2D eigenvalue weighted by Crippen LogP contribution is 2.29. The van der Waals surface area contributed by atoms with Gasteiger partial charge < -0.3 is 10.1 Å². The minimum atomic E-state index is -3.60. The number of aryl methyl sites for hydroxylation is 2. The van der Waals surface area contributed by atoms with Gasteiger partial charge >= 0.3 is 5.97 Å². The molecule has 0 saturated carbocycles. The summed E-state index contributed by atoms with van der Waals surface area (Å²) in [6, 6.07) is 8.49. The predicted molar refractivity (Wildman–Crippen MR) is 119 cm³/mol. The Balaban J connectivity index is 1.27. The monoisotopic (exact) mass is 477 g/mol. The summed E-state index contributed by atoms with van der Waals surface area (Å²) in [4.78, 5) is 28.6. The third-order valence-electron chi connectivity index (χ3n) is 5.84. The second-order valence-electron chi connectivity index (χ2n) is 7.98. The summed E-state index contributed by atoms with van der Waals surface area (Å²) in [7, 11) is -3.60. The normalized spacial score (nSPS) is 17.0. The van der Waals surface area contributed by atoms with Crippen LogP contribution < -0.4 is 5.32 Å². The predicted octanol–water partition coefficient (Wildman–Crippen LogP) is 2.81. The lowest BCUT2D eigenvalue weighted by molar-refractivity contribution is -0.152. The van der Waals surface area contributed by atoms with E-state index in [2.05, 4.69) is 10.3 Å². The molecule has 32 heavy (non-hydrogen) atoms. The van der Waals surface area contributed by atoms with Crippen LogP contribution in [-0.2, 0) is 37.2 Å². The molecule has 0 atom stereocenters. The molecule has 8 nitrogen and oxygen atoms in total. The summed E-state index contributed by atoms with van der Waals surface area (Å²) in [5, 5.41) is 2.96. The van der Waals surface area contributed by atoms with Gasteiger partial charge in [0, 0.05) is 19.3 Å². The summed E-state index contributed by atoms with van der Waals surface area (Å²) in [6.07, 6.45) is 5.06. The highest BCUT2D eigenvalue weighted by atomic mass is 35.5. The largest absolute Gasteiger partial charge is 0.455 e. The number of benzene rings is 1. The van der Waals surface area contributed by atoms with Gasteiger partial charge in [-0.15, -0.1) is 0 Å². The average molecular weight is 478 g/mol. The molecule has 2 aromatic rings. The number of carbonyl (C=O) groups excluding carboxylic acids is 2. The molecule has 10 heteroatoms. The molecule has 0 unspecified atom stereocenters. The van der Waals surface area contributed by atoms with Gasteiger partial charge in [-0.05, 0) is 67.5 Å². The number of esters is 1. The Bertz CT molecular complexity index is 1110. The summed E-state index contributed by atoms with van der Waals surface area (Å²) in [5.41, 5.74) is 2.33. The van der Waals surface area contributed by atoms with Crippen LogP contribution in [0.15, 0.2) is 41.4 Å². The Kier molecular flexibility index (Phi) is 6.78. The number of hydrogen-bond acceptors (Lipinski definition) is 6. The Labute approximate surface area is 192 Å². The molecule has 0 radical (unpaired) electrons. The molecule has 1 aliphatic heterocycles. The van der Waals surface area contributed by atoms with Gasteiger partial charge in [0.1, 0.15) is 5.82 Å². The molecule has 1 fully saturated rings. The second-order valence-corrected chi connectivity index (χ2v) is 10.4. The molecule has 2 aliphatic rings. The van der Waals surface area contributed by atoms with Crippen molar-refractivity contribution in [2.45, 2.75) is 37.0 Å². The Morgan fingerprint density at radius 1 is 1.12 bits per heavy atom. The van der Waals surface area contributed by atoms with Crippen molar-refractivity contribution in [2.75, 3.05) is 25.0 Å². The SMILES string of the molecule is O=C(COC(=O)C1CCN(S(=O)(=O)c2ccc3c(c2)CCC3)CC1)Nc1ccc(Cl)cn1. The average Bonchev–Trinajstić information content (AvgIpc) is 3.27. The summed E-state index contributed by atoms with van der Waals surface area (Å²) in [6.45, 7) is 0.0386. The number of hydrogen-bond donors (Lipinski definition) is 1. The van der Waals surface area contributed by atoms with Gasteiger partial charge in [-0.2, -0.15) is 4.31 Å². The van der Waals surface area contributed by atoms with E-state index in [0.717, 1.165) is 24.8 Å².